The van der Waals surface area contributed by atoms with Crippen molar-refractivity contribution >= 4 is 5.91 Å². The number of likely N-dealkylation sites (tertiary alicyclic amines) is 1. The van der Waals surface area contributed by atoms with Gasteiger partial charge in [-0.1, -0.05) is 34.6 Å². The maximum absolute atomic E-state index is 12.6. The fourth-order valence-corrected chi connectivity index (χ4v) is 3.56. The van der Waals surface area contributed by atoms with Crippen molar-refractivity contribution in [2.24, 2.45) is 5.92 Å². The SMILES string of the molecule is Cc1cc(C(=O)N2CCCC(Cc3nc(-c4ccccc4C)no3)C2)no1. The maximum Gasteiger partial charge on any atom is 0.276 e. The summed E-state index contributed by atoms with van der Waals surface area (Å²) >= 11 is 0. The van der Waals surface area contributed by atoms with E-state index < -0.39 is 0 Å². The highest BCUT2D eigenvalue weighted by atomic mass is 16.5. The zero-order chi connectivity index (χ0) is 18.8. The van der Waals surface area contributed by atoms with E-state index in [1.165, 1.54) is 0 Å². The molecular formula is C20H22N4O3. The Morgan fingerprint density at radius 1 is 1.22 bits per heavy atom. The van der Waals surface area contributed by atoms with E-state index in [2.05, 4.69) is 15.3 Å². The molecule has 1 aliphatic heterocycles. The second-order valence-corrected chi connectivity index (χ2v) is 7.11. The summed E-state index contributed by atoms with van der Waals surface area (Å²) in [6, 6.07) is 9.66. The van der Waals surface area contributed by atoms with E-state index in [0.29, 0.717) is 42.1 Å². The Labute approximate surface area is 157 Å². The van der Waals surface area contributed by atoms with Crippen molar-refractivity contribution in [1.82, 2.24) is 20.2 Å². The van der Waals surface area contributed by atoms with Crippen LogP contribution >= 0.6 is 0 Å². The van der Waals surface area contributed by atoms with Crippen LogP contribution < -0.4 is 0 Å². The minimum Gasteiger partial charge on any atom is -0.361 e. The van der Waals surface area contributed by atoms with E-state index in [1.54, 1.807) is 13.0 Å². The van der Waals surface area contributed by atoms with Gasteiger partial charge in [0, 0.05) is 31.1 Å². The zero-order valence-electron chi connectivity index (χ0n) is 15.5. The third kappa shape index (κ3) is 3.77. The van der Waals surface area contributed by atoms with Gasteiger partial charge >= 0.3 is 0 Å². The number of carbonyl (C=O) groups is 1. The van der Waals surface area contributed by atoms with Crippen LogP contribution in [0.1, 0.15) is 40.5 Å². The van der Waals surface area contributed by atoms with Crippen LogP contribution in [0.25, 0.3) is 11.4 Å². The summed E-state index contributed by atoms with van der Waals surface area (Å²) in [6.07, 6.45) is 2.65. The van der Waals surface area contributed by atoms with Crippen LogP contribution in [-0.4, -0.2) is 39.2 Å². The molecule has 3 heterocycles. The van der Waals surface area contributed by atoms with Gasteiger partial charge in [0.1, 0.15) is 5.76 Å². The van der Waals surface area contributed by atoms with E-state index >= 15 is 0 Å². The molecule has 3 aromatic rings. The van der Waals surface area contributed by atoms with Crippen LogP contribution in [0.5, 0.6) is 0 Å². The molecule has 1 unspecified atom stereocenters. The Morgan fingerprint density at radius 2 is 2.07 bits per heavy atom. The lowest BCUT2D eigenvalue weighted by Crippen LogP contribution is -2.40. The van der Waals surface area contributed by atoms with Crippen molar-refractivity contribution in [2.75, 3.05) is 13.1 Å². The molecule has 27 heavy (non-hydrogen) atoms. The first-order valence-corrected chi connectivity index (χ1v) is 9.21. The van der Waals surface area contributed by atoms with Crippen LogP contribution in [0, 0.1) is 19.8 Å². The number of hydrogen-bond donors (Lipinski definition) is 0. The molecule has 1 aliphatic rings. The fourth-order valence-electron chi connectivity index (χ4n) is 3.56. The highest BCUT2D eigenvalue weighted by Gasteiger charge is 2.27. The predicted octanol–water partition coefficient (Wildman–Crippen LogP) is 3.44. The number of hydrogen-bond acceptors (Lipinski definition) is 6. The molecule has 7 nitrogen and oxygen atoms in total. The highest BCUT2D eigenvalue weighted by molar-refractivity contribution is 5.92. The molecule has 0 spiro atoms. The van der Waals surface area contributed by atoms with Gasteiger partial charge in [0.25, 0.3) is 5.91 Å². The summed E-state index contributed by atoms with van der Waals surface area (Å²) in [4.78, 5) is 19.0. The van der Waals surface area contributed by atoms with Crippen LogP contribution in [-0.2, 0) is 6.42 Å². The van der Waals surface area contributed by atoms with Gasteiger partial charge < -0.3 is 13.9 Å². The Kier molecular flexibility index (Phi) is 4.75. The number of carbonyl (C=O) groups excluding carboxylic acids is 1. The van der Waals surface area contributed by atoms with Gasteiger partial charge in [0.2, 0.25) is 11.7 Å². The lowest BCUT2D eigenvalue weighted by atomic mass is 9.94. The molecule has 7 heteroatoms. The van der Waals surface area contributed by atoms with Crippen molar-refractivity contribution < 1.29 is 13.8 Å². The van der Waals surface area contributed by atoms with Gasteiger partial charge in [0.05, 0.1) is 0 Å². The number of benzene rings is 1. The molecule has 0 aliphatic carbocycles. The molecule has 4 rings (SSSR count). The Bertz CT molecular complexity index is 946. The fraction of sp³-hybridized carbons (Fsp3) is 0.400. The molecule has 1 atom stereocenters. The quantitative estimate of drug-likeness (QED) is 0.703. The van der Waals surface area contributed by atoms with E-state index in [4.69, 9.17) is 9.05 Å². The number of rotatable bonds is 4. The van der Waals surface area contributed by atoms with Crippen LogP contribution in [0.15, 0.2) is 39.4 Å². The summed E-state index contributed by atoms with van der Waals surface area (Å²) in [6.45, 7) is 5.21. The first-order valence-electron chi connectivity index (χ1n) is 9.21. The lowest BCUT2D eigenvalue weighted by Gasteiger charge is -2.31. The monoisotopic (exact) mass is 366 g/mol. The van der Waals surface area contributed by atoms with Gasteiger partial charge in [-0.25, -0.2) is 0 Å². The first-order chi connectivity index (χ1) is 13.1. The third-order valence-corrected chi connectivity index (χ3v) is 4.97. The lowest BCUT2D eigenvalue weighted by molar-refractivity contribution is 0.0657. The Balaban J connectivity index is 1.43. The van der Waals surface area contributed by atoms with Crippen molar-refractivity contribution in [3.63, 3.8) is 0 Å². The van der Waals surface area contributed by atoms with Gasteiger partial charge in [-0.3, -0.25) is 4.79 Å². The Morgan fingerprint density at radius 3 is 2.85 bits per heavy atom. The number of nitrogens with zero attached hydrogens (tertiary/aromatic N) is 4. The molecule has 0 radical (unpaired) electrons. The number of aryl methyl sites for hydroxylation is 2. The topological polar surface area (TPSA) is 85.3 Å². The molecule has 0 N–H and O–H groups in total. The standard InChI is InChI=1S/C20H22N4O3/c1-13-6-3-4-8-16(13)19-21-18(27-23-19)11-15-7-5-9-24(12-15)20(25)17-10-14(2)26-22-17/h3-4,6,8,10,15H,5,7,9,11-12H2,1-2H3. The van der Waals surface area contributed by atoms with Crippen LogP contribution in [0.3, 0.4) is 0 Å². The molecule has 1 amide bonds. The average molecular weight is 366 g/mol. The summed E-state index contributed by atoms with van der Waals surface area (Å²) in [5.74, 6) is 2.08. The summed E-state index contributed by atoms with van der Waals surface area (Å²) in [5.41, 5.74) is 2.46. The van der Waals surface area contributed by atoms with E-state index in [1.807, 2.05) is 36.1 Å². The summed E-state index contributed by atoms with van der Waals surface area (Å²) in [7, 11) is 0. The van der Waals surface area contributed by atoms with Gasteiger partial charge in [-0.2, -0.15) is 4.98 Å². The predicted molar refractivity (Wildman–Crippen MR) is 98.0 cm³/mol. The zero-order valence-corrected chi connectivity index (χ0v) is 15.5. The van der Waals surface area contributed by atoms with E-state index in [9.17, 15) is 4.79 Å². The van der Waals surface area contributed by atoms with Gasteiger partial charge in [-0.05, 0) is 38.2 Å². The molecule has 1 fully saturated rings. The summed E-state index contributed by atoms with van der Waals surface area (Å²) < 4.78 is 10.5. The van der Waals surface area contributed by atoms with Crippen molar-refractivity contribution in [1.29, 1.82) is 0 Å². The molecule has 1 saturated heterocycles. The molecule has 1 aromatic carbocycles. The minimum atomic E-state index is -0.0809. The van der Waals surface area contributed by atoms with Crippen molar-refractivity contribution in [3.05, 3.63) is 53.2 Å². The van der Waals surface area contributed by atoms with E-state index in [0.717, 1.165) is 30.5 Å². The minimum absolute atomic E-state index is 0.0809. The molecule has 0 saturated carbocycles. The van der Waals surface area contributed by atoms with Gasteiger partial charge in [0.15, 0.2) is 5.69 Å². The number of amides is 1. The normalized spacial score (nSPS) is 17.3. The Hall–Kier alpha value is -2.96. The molecule has 2 aromatic heterocycles. The third-order valence-electron chi connectivity index (χ3n) is 4.97. The van der Waals surface area contributed by atoms with Crippen molar-refractivity contribution in [3.8, 4) is 11.4 Å². The second-order valence-electron chi connectivity index (χ2n) is 7.11. The largest absolute Gasteiger partial charge is 0.361 e. The van der Waals surface area contributed by atoms with Crippen LogP contribution in [0.2, 0.25) is 0 Å². The first kappa shape index (κ1) is 17.5. The molecule has 0 bridgehead atoms. The van der Waals surface area contributed by atoms with E-state index in [-0.39, 0.29) is 5.91 Å². The number of piperidine rings is 1. The number of aromatic nitrogens is 3. The van der Waals surface area contributed by atoms with Crippen molar-refractivity contribution in [2.45, 2.75) is 33.1 Å². The second kappa shape index (κ2) is 7.34. The smallest absolute Gasteiger partial charge is 0.276 e. The van der Waals surface area contributed by atoms with Gasteiger partial charge in [-0.15, -0.1) is 0 Å². The highest BCUT2D eigenvalue weighted by Crippen LogP contribution is 2.24. The molecular weight excluding hydrogens is 344 g/mol. The molecule has 140 valence electrons. The summed E-state index contributed by atoms with van der Waals surface area (Å²) in [5, 5.41) is 7.97. The van der Waals surface area contributed by atoms with Crippen LogP contribution in [0.4, 0.5) is 0 Å². The average Bonchev–Trinajstić information content (AvgIpc) is 3.31. The maximum atomic E-state index is 12.6.